The smallest absolute Gasteiger partial charge is 0.345 e. The number of nitrogens with one attached hydrogen (secondary N) is 1. The summed E-state index contributed by atoms with van der Waals surface area (Å²) in [5, 5.41) is 13.3. The average Bonchev–Trinajstić information content (AvgIpc) is 3.46. The number of aryl methyl sites for hydroxylation is 1. The van der Waals surface area contributed by atoms with E-state index in [0.717, 1.165) is 16.8 Å². The molecule has 1 heterocycles. The zero-order chi connectivity index (χ0) is 30.5. The van der Waals surface area contributed by atoms with E-state index in [4.69, 9.17) is 14.2 Å². The maximum Gasteiger partial charge on any atom is 0.345 e. The Balaban J connectivity index is 1.41. The van der Waals surface area contributed by atoms with Crippen molar-refractivity contribution in [3.63, 3.8) is 0 Å². The van der Waals surface area contributed by atoms with Crippen LogP contribution in [0, 0.1) is 13.8 Å². The van der Waals surface area contributed by atoms with Gasteiger partial charge in [0.1, 0.15) is 12.0 Å². The Labute approximate surface area is 248 Å². The van der Waals surface area contributed by atoms with Crippen molar-refractivity contribution in [3.05, 3.63) is 107 Å². The summed E-state index contributed by atoms with van der Waals surface area (Å²) >= 11 is 0. The van der Waals surface area contributed by atoms with Crippen LogP contribution >= 0.6 is 0 Å². The summed E-state index contributed by atoms with van der Waals surface area (Å²) in [6, 6.07) is 20.8. The van der Waals surface area contributed by atoms with E-state index in [2.05, 4.69) is 5.32 Å². The number of hydrogen-bond acceptors (Lipinski definition) is 8. The first-order chi connectivity index (χ1) is 20.7. The molecule has 5 rings (SSSR count). The Hall–Kier alpha value is -5.57. The number of fused-ring (bicyclic) bond motifs is 1. The topological polar surface area (TPSA) is 114 Å². The second-order valence-corrected chi connectivity index (χ2v) is 9.97. The molecule has 0 aliphatic carbocycles. The Kier molecular flexibility index (Phi) is 8.43. The second kappa shape index (κ2) is 12.5. The van der Waals surface area contributed by atoms with E-state index in [-0.39, 0.29) is 24.7 Å². The molecule has 0 spiro atoms. The molecule has 4 aromatic rings. The van der Waals surface area contributed by atoms with Gasteiger partial charge in [0.25, 0.3) is 5.91 Å². The molecule has 1 aliphatic rings. The van der Waals surface area contributed by atoms with Crippen molar-refractivity contribution >= 4 is 41.3 Å². The Morgan fingerprint density at radius 3 is 2.51 bits per heavy atom. The molecule has 0 atom stereocenters. The molecule has 2 N–H and O–H groups in total. The number of carbonyl (C=O) groups excluding carboxylic acids is 3. The van der Waals surface area contributed by atoms with E-state index >= 15 is 0 Å². The number of rotatable bonds is 9. The number of esters is 1. The number of ether oxygens (including phenoxy) is 3. The zero-order valence-electron chi connectivity index (χ0n) is 23.9. The number of likely N-dealkylation sites (N-methyl/N-ethyl adjacent to an activating group) is 1. The molecule has 0 radical (unpaired) electrons. The van der Waals surface area contributed by atoms with Crippen molar-refractivity contribution < 1.29 is 33.7 Å². The molecule has 4 aromatic carbocycles. The molecule has 0 saturated heterocycles. The van der Waals surface area contributed by atoms with E-state index in [9.17, 15) is 19.5 Å². The van der Waals surface area contributed by atoms with Crippen LogP contribution in [0.5, 0.6) is 23.0 Å². The van der Waals surface area contributed by atoms with Crippen molar-refractivity contribution in [2.45, 2.75) is 20.3 Å². The first-order valence-electron chi connectivity index (χ1n) is 13.5. The SMILES string of the molecule is Cc1cccc(Nc2ccccc2C(=O)Oc2cc3c(cc2N(C)C(=O)/C=C/c2ccc(O)c(CC=O)c2)OCO3)c1C. The number of amides is 1. The van der Waals surface area contributed by atoms with Gasteiger partial charge in [-0.2, -0.15) is 0 Å². The number of aromatic hydroxyl groups is 1. The molecule has 0 bridgehead atoms. The van der Waals surface area contributed by atoms with Crippen LogP contribution in [0.3, 0.4) is 0 Å². The van der Waals surface area contributed by atoms with E-state index in [1.807, 2.05) is 38.1 Å². The van der Waals surface area contributed by atoms with Crippen LogP contribution in [-0.2, 0) is 16.0 Å². The molecule has 0 saturated carbocycles. The van der Waals surface area contributed by atoms with Crippen LogP contribution in [0.1, 0.15) is 32.6 Å². The maximum absolute atomic E-state index is 13.5. The number of phenols is 1. The van der Waals surface area contributed by atoms with Gasteiger partial charge in [-0.05, 0) is 66.9 Å². The maximum atomic E-state index is 13.5. The summed E-state index contributed by atoms with van der Waals surface area (Å²) in [6.45, 7) is 4.02. The molecule has 9 heteroatoms. The molecule has 1 amide bonds. The summed E-state index contributed by atoms with van der Waals surface area (Å²) in [7, 11) is 1.55. The first kappa shape index (κ1) is 28.9. The fourth-order valence-corrected chi connectivity index (χ4v) is 4.57. The minimum Gasteiger partial charge on any atom is -0.508 e. The number of aldehydes is 1. The fraction of sp³-hybridized carbons (Fsp3) is 0.147. The highest BCUT2D eigenvalue weighted by atomic mass is 16.7. The van der Waals surface area contributed by atoms with Crippen LogP contribution in [0.4, 0.5) is 17.1 Å². The third kappa shape index (κ3) is 6.36. The predicted octanol–water partition coefficient (Wildman–Crippen LogP) is 6.12. The van der Waals surface area contributed by atoms with Gasteiger partial charge >= 0.3 is 5.97 Å². The second-order valence-electron chi connectivity index (χ2n) is 9.97. The van der Waals surface area contributed by atoms with E-state index in [1.165, 1.54) is 23.1 Å². The van der Waals surface area contributed by atoms with Crippen molar-refractivity contribution in [2.24, 2.45) is 0 Å². The fourth-order valence-electron chi connectivity index (χ4n) is 4.57. The highest BCUT2D eigenvalue weighted by Gasteiger charge is 2.25. The Bertz CT molecular complexity index is 1750. The molecule has 0 fully saturated rings. The molecular weight excluding hydrogens is 548 g/mol. The molecule has 0 unspecified atom stereocenters. The number of benzene rings is 4. The molecule has 43 heavy (non-hydrogen) atoms. The lowest BCUT2D eigenvalue weighted by atomic mass is 10.1. The predicted molar refractivity (Wildman–Crippen MR) is 163 cm³/mol. The van der Waals surface area contributed by atoms with Crippen molar-refractivity contribution in [1.29, 1.82) is 0 Å². The quantitative estimate of drug-likeness (QED) is 0.106. The number of nitrogens with zero attached hydrogens (tertiary/aromatic N) is 1. The number of para-hydroxylation sites is 1. The van der Waals surface area contributed by atoms with Gasteiger partial charge in [0.2, 0.25) is 6.79 Å². The van der Waals surface area contributed by atoms with Crippen LogP contribution < -0.4 is 24.4 Å². The molecule has 218 valence electrons. The van der Waals surface area contributed by atoms with E-state index in [0.29, 0.717) is 45.9 Å². The van der Waals surface area contributed by atoms with E-state index < -0.39 is 11.9 Å². The average molecular weight is 579 g/mol. The van der Waals surface area contributed by atoms with Gasteiger partial charge in [0.05, 0.1) is 16.9 Å². The normalized spacial score (nSPS) is 11.8. The van der Waals surface area contributed by atoms with Gasteiger partial charge in [-0.25, -0.2) is 4.79 Å². The molecule has 9 nitrogen and oxygen atoms in total. The lowest BCUT2D eigenvalue weighted by molar-refractivity contribution is -0.114. The number of carbonyl (C=O) groups is 3. The van der Waals surface area contributed by atoms with Crippen LogP contribution in [0.15, 0.2) is 78.9 Å². The zero-order valence-corrected chi connectivity index (χ0v) is 23.9. The van der Waals surface area contributed by atoms with Crippen LogP contribution in [0.2, 0.25) is 0 Å². The monoisotopic (exact) mass is 578 g/mol. The summed E-state index contributed by atoms with van der Waals surface area (Å²) < 4.78 is 16.9. The number of hydrogen-bond donors (Lipinski definition) is 2. The van der Waals surface area contributed by atoms with Crippen LogP contribution in [-0.4, -0.2) is 37.1 Å². The summed E-state index contributed by atoms with van der Waals surface area (Å²) in [5.41, 5.74) is 5.29. The largest absolute Gasteiger partial charge is 0.508 e. The van der Waals surface area contributed by atoms with Crippen molar-refractivity contribution in [2.75, 3.05) is 24.1 Å². The standard InChI is InChI=1S/C34H30N2O7/c1-21-7-6-10-26(22(21)2)35-27-9-5-4-8-25(27)34(40)43-30-19-32-31(41-20-42-32)18-28(30)36(3)33(39)14-12-23-11-13-29(38)24(17-23)15-16-37/h4-14,16-19,35,38H,15,20H2,1-3H3/b14-12+. The first-order valence-corrected chi connectivity index (χ1v) is 13.5. The minimum absolute atomic E-state index is 0.00366. The molecule has 1 aliphatic heterocycles. The highest BCUT2D eigenvalue weighted by molar-refractivity contribution is 6.05. The summed E-state index contributed by atoms with van der Waals surface area (Å²) in [6.07, 6.45) is 3.66. The van der Waals surface area contributed by atoms with Gasteiger partial charge in [-0.3, -0.25) is 4.79 Å². The summed E-state index contributed by atoms with van der Waals surface area (Å²) in [4.78, 5) is 39.0. The third-order valence-corrected chi connectivity index (χ3v) is 7.19. The number of phenolic OH excluding ortho intramolecular Hbond substituents is 1. The van der Waals surface area contributed by atoms with Gasteiger partial charge in [0, 0.05) is 42.9 Å². The molecule has 0 aromatic heterocycles. The minimum atomic E-state index is -0.628. The lowest BCUT2D eigenvalue weighted by Gasteiger charge is -2.20. The lowest BCUT2D eigenvalue weighted by Crippen LogP contribution is -2.25. The summed E-state index contributed by atoms with van der Waals surface area (Å²) in [5.74, 6) is -0.137. The van der Waals surface area contributed by atoms with Gasteiger partial charge < -0.3 is 34.3 Å². The van der Waals surface area contributed by atoms with Crippen molar-refractivity contribution in [3.8, 4) is 23.0 Å². The third-order valence-electron chi connectivity index (χ3n) is 7.19. The Morgan fingerprint density at radius 1 is 0.977 bits per heavy atom. The van der Waals surface area contributed by atoms with Gasteiger partial charge in [-0.1, -0.05) is 30.3 Å². The van der Waals surface area contributed by atoms with Gasteiger partial charge in [-0.15, -0.1) is 0 Å². The van der Waals surface area contributed by atoms with Crippen molar-refractivity contribution in [1.82, 2.24) is 0 Å². The molecular formula is C34H30N2O7. The van der Waals surface area contributed by atoms with E-state index in [1.54, 1.807) is 49.5 Å². The van der Waals surface area contributed by atoms with Crippen LogP contribution in [0.25, 0.3) is 6.08 Å². The number of anilines is 3. The highest BCUT2D eigenvalue weighted by Crippen LogP contribution is 2.43. The Morgan fingerprint density at radius 2 is 1.72 bits per heavy atom. The van der Waals surface area contributed by atoms with Gasteiger partial charge in [0.15, 0.2) is 17.2 Å².